The summed E-state index contributed by atoms with van der Waals surface area (Å²) in [5.41, 5.74) is 0.956. The number of rotatable bonds is 2. The van der Waals surface area contributed by atoms with Crippen molar-refractivity contribution in [1.82, 2.24) is 9.88 Å². The van der Waals surface area contributed by atoms with Crippen LogP contribution in [-0.4, -0.2) is 46.2 Å². The highest BCUT2D eigenvalue weighted by Crippen LogP contribution is 2.23. The molecule has 0 spiro atoms. The Hall–Kier alpha value is -2.37. The zero-order valence-corrected chi connectivity index (χ0v) is 16.5. The standard InChI is InChI=1S/C20H28N2O4/c1-19(2,3)25-17(23)16-9-7-8-15(21-16)14-10-12-22(13-11-14)18(24)26-20(4,5)6/h7-10H,11-13H2,1-6H3. The molecule has 26 heavy (non-hydrogen) atoms. The van der Waals surface area contributed by atoms with E-state index in [2.05, 4.69) is 4.98 Å². The number of amides is 1. The van der Waals surface area contributed by atoms with Crippen molar-refractivity contribution in [2.45, 2.75) is 59.2 Å². The van der Waals surface area contributed by atoms with Gasteiger partial charge in [0, 0.05) is 13.1 Å². The van der Waals surface area contributed by atoms with Crippen molar-refractivity contribution in [3.8, 4) is 0 Å². The second-order valence-corrected chi connectivity index (χ2v) is 8.32. The Morgan fingerprint density at radius 2 is 1.69 bits per heavy atom. The average molecular weight is 360 g/mol. The lowest BCUT2D eigenvalue weighted by molar-refractivity contribution is 0.00622. The van der Waals surface area contributed by atoms with Crippen molar-refractivity contribution in [1.29, 1.82) is 0 Å². The van der Waals surface area contributed by atoms with E-state index in [1.165, 1.54) is 0 Å². The maximum Gasteiger partial charge on any atom is 0.410 e. The van der Waals surface area contributed by atoms with Crippen LogP contribution >= 0.6 is 0 Å². The van der Waals surface area contributed by atoms with Crippen LogP contribution in [0.2, 0.25) is 0 Å². The van der Waals surface area contributed by atoms with Crippen molar-refractivity contribution in [2.24, 2.45) is 0 Å². The van der Waals surface area contributed by atoms with Crippen molar-refractivity contribution in [3.63, 3.8) is 0 Å². The lowest BCUT2D eigenvalue weighted by Gasteiger charge is -2.29. The lowest BCUT2D eigenvalue weighted by atomic mass is 10.0. The molecule has 1 aromatic heterocycles. The molecule has 0 radical (unpaired) electrons. The Labute approximate surface area is 155 Å². The van der Waals surface area contributed by atoms with Crippen LogP contribution in [0.1, 0.15) is 64.1 Å². The Morgan fingerprint density at radius 3 is 2.23 bits per heavy atom. The van der Waals surface area contributed by atoms with Gasteiger partial charge >= 0.3 is 12.1 Å². The van der Waals surface area contributed by atoms with Crippen LogP contribution in [0, 0.1) is 0 Å². The summed E-state index contributed by atoms with van der Waals surface area (Å²) in [5.74, 6) is -0.439. The zero-order valence-electron chi connectivity index (χ0n) is 16.5. The highest BCUT2D eigenvalue weighted by atomic mass is 16.6. The number of nitrogens with zero attached hydrogens (tertiary/aromatic N) is 2. The van der Waals surface area contributed by atoms with Gasteiger partial charge in [-0.25, -0.2) is 14.6 Å². The third-order valence-corrected chi connectivity index (χ3v) is 3.55. The SMILES string of the molecule is CC(C)(C)OC(=O)c1cccc(C2=CCN(C(=O)OC(C)(C)C)CC2)n1. The molecule has 0 fully saturated rings. The van der Waals surface area contributed by atoms with E-state index in [1.54, 1.807) is 17.0 Å². The van der Waals surface area contributed by atoms with E-state index >= 15 is 0 Å². The van der Waals surface area contributed by atoms with Gasteiger partial charge in [-0.3, -0.25) is 0 Å². The third kappa shape index (κ3) is 5.86. The molecular formula is C20H28N2O4. The van der Waals surface area contributed by atoms with Gasteiger partial charge in [0.1, 0.15) is 16.9 Å². The fourth-order valence-corrected chi connectivity index (χ4v) is 2.45. The van der Waals surface area contributed by atoms with Gasteiger partial charge in [-0.2, -0.15) is 0 Å². The van der Waals surface area contributed by atoms with E-state index in [0.29, 0.717) is 19.5 Å². The molecule has 2 heterocycles. The molecule has 1 aromatic rings. The van der Waals surface area contributed by atoms with Gasteiger partial charge in [0.05, 0.1) is 5.69 Å². The van der Waals surface area contributed by atoms with Gasteiger partial charge in [-0.15, -0.1) is 0 Å². The molecule has 0 unspecified atom stereocenters. The second kappa shape index (κ2) is 7.48. The molecule has 6 nitrogen and oxygen atoms in total. The number of carbonyl (C=O) groups excluding carboxylic acids is 2. The molecule has 0 bridgehead atoms. The van der Waals surface area contributed by atoms with E-state index in [1.807, 2.05) is 53.7 Å². The number of carbonyl (C=O) groups is 2. The molecule has 0 atom stereocenters. The maximum absolute atomic E-state index is 12.2. The van der Waals surface area contributed by atoms with Crippen LogP contribution in [0.4, 0.5) is 4.79 Å². The monoisotopic (exact) mass is 360 g/mol. The number of aromatic nitrogens is 1. The normalized spacial score (nSPS) is 15.3. The smallest absolute Gasteiger partial charge is 0.410 e. The van der Waals surface area contributed by atoms with Crippen LogP contribution < -0.4 is 0 Å². The molecule has 0 saturated heterocycles. The van der Waals surface area contributed by atoms with E-state index < -0.39 is 17.2 Å². The van der Waals surface area contributed by atoms with Crippen molar-refractivity contribution in [2.75, 3.05) is 13.1 Å². The van der Waals surface area contributed by atoms with Gasteiger partial charge < -0.3 is 14.4 Å². The van der Waals surface area contributed by atoms with Gasteiger partial charge in [0.15, 0.2) is 0 Å². The summed E-state index contributed by atoms with van der Waals surface area (Å²) in [5, 5.41) is 0. The number of esters is 1. The summed E-state index contributed by atoms with van der Waals surface area (Å²) in [7, 11) is 0. The molecule has 6 heteroatoms. The quantitative estimate of drug-likeness (QED) is 0.744. The highest BCUT2D eigenvalue weighted by molar-refractivity contribution is 5.88. The first-order valence-electron chi connectivity index (χ1n) is 8.82. The number of hydrogen-bond acceptors (Lipinski definition) is 5. The van der Waals surface area contributed by atoms with E-state index in [-0.39, 0.29) is 11.8 Å². The summed E-state index contributed by atoms with van der Waals surface area (Å²) in [6.45, 7) is 12.0. The van der Waals surface area contributed by atoms with Gasteiger partial charge in [-0.1, -0.05) is 12.1 Å². The summed E-state index contributed by atoms with van der Waals surface area (Å²) < 4.78 is 10.8. The zero-order chi connectivity index (χ0) is 19.5. The highest BCUT2D eigenvalue weighted by Gasteiger charge is 2.25. The number of ether oxygens (including phenoxy) is 2. The number of hydrogen-bond donors (Lipinski definition) is 0. The van der Waals surface area contributed by atoms with Crippen LogP contribution in [-0.2, 0) is 9.47 Å². The minimum absolute atomic E-state index is 0.285. The maximum atomic E-state index is 12.2. The minimum Gasteiger partial charge on any atom is -0.455 e. The first-order valence-corrected chi connectivity index (χ1v) is 8.82. The second-order valence-electron chi connectivity index (χ2n) is 8.32. The minimum atomic E-state index is -0.563. The first-order chi connectivity index (χ1) is 11.9. The predicted octanol–water partition coefficient (Wildman–Crippen LogP) is 4.06. The Morgan fingerprint density at radius 1 is 1.04 bits per heavy atom. The molecule has 1 aliphatic rings. The molecule has 0 N–H and O–H groups in total. The molecule has 142 valence electrons. The molecule has 1 aliphatic heterocycles. The van der Waals surface area contributed by atoms with Crippen molar-refractivity contribution < 1.29 is 19.1 Å². The largest absolute Gasteiger partial charge is 0.455 e. The van der Waals surface area contributed by atoms with Gasteiger partial charge in [0.2, 0.25) is 0 Å². The first kappa shape index (κ1) is 19.9. The van der Waals surface area contributed by atoms with Crippen LogP contribution in [0.15, 0.2) is 24.3 Å². The average Bonchev–Trinajstić information content (AvgIpc) is 2.52. The summed E-state index contributed by atoms with van der Waals surface area (Å²) in [6, 6.07) is 5.31. The van der Waals surface area contributed by atoms with Crippen LogP contribution in [0.5, 0.6) is 0 Å². The fourth-order valence-electron chi connectivity index (χ4n) is 2.45. The molecule has 0 saturated carbocycles. The fraction of sp³-hybridized carbons (Fsp3) is 0.550. The molecule has 0 aromatic carbocycles. The predicted molar refractivity (Wildman–Crippen MR) is 99.8 cm³/mol. The summed E-state index contributed by atoms with van der Waals surface area (Å²) in [4.78, 5) is 30.4. The van der Waals surface area contributed by atoms with Gasteiger partial charge in [0.25, 0.3) is 0 Å². The van der Waals surface area contributed by atoms with Crippen molar-refractivity contribution in [3.05, 3.63) is 35.7 Å². The van der Waals surface area contributed by atoms with Gasteiger partial charge in [-0.05, 0) is 65.7 Å². The topological polar surface area (TPSA) is 68.7 Å². The summed E-state index contributed by atoms with van der Waals surface area (Å²) >= 11 is 0. The summed E-state index contributed by atoms with van der Waals surface area (Å²) in [6.07, 6.45) is 2.29. The lowest BCUT2D eigenvalue weighted by Crippen LogP contribution is -2.39. The third-order valence-electron chi connectivity index (χ3n) is 3.55. The molecule has 0 aliphatic carbocycles. The van der Waals surface area contributed by atoms with Crippen LogP contribution in [0.25, 0.3) is 5.57 Å². The van der Waals surface area contributed by atoms with Crippen LogP contribution in [0.3, 0.4) is 0 Å². The Kier molecular flexibility index (Phi) is 5.74. The van der Waals surface area contributed by atoms with E-state index in [4.69, 9.17) is 9.47 Å². The number of pyridine rings is 1. The molecular weight excluding hydrogens is 332 g/mol. The molecule has 1 amide bonds. The Balaban J connectivity index is 2.08. The van der Waals surface area contributed by atoms with E-state index in [0.717, 1.165) is 11.3 Å². The van der Waals surface area contributed by atoms with E-state index in [9.17, 15) is 9.59 Å². The Bertz CT molecular complexity index is 711. The molecule has 2 rings (SSSR count). The van der Waals surface area contributed by atoms with Crippen molar-refractivity contribution >= 4 is 17.6 Å².